The molecule has 0 amide bonds. The van der Waals surface area contributed by atoms with Crippen molar-refractivity contribution in [3.8, 4) is 5.75 Å². The summed E-state index contributed by atoms with van der Waals surface area (Å²) in [5.41, 5.74) is 0.689. The molecule has 110 valence electrons. The summed E-state index contributed by atoms with van der Waals surface area (Å²) in [6.07, 6.45) is 1.30. The second-order valence-corrected chi connectivity index (χ2v) is 5.69. The Morgan fingerprint density at radius 3 is 2.60 bits per heavy atom. The van der Waals surface area contributed by atoms with Gasteiger partial charge >= 0.3 is 5.97 Å². The van der Waals surface area contributed by atoms with Crippen LogP contribution in [-0.4, -0.2) is 25.3 Å². The molecule has 1 aliphatic carbocycles. The van der Waals surface area contributed by atoms with Crippen molar-refractivity contribution in [1.29, 1.82) is 0 Å². The number of fused-ring (bicyclic) bond motifs is 1. The second-order valence-electron chi connectivity index (χ2n) is 5.69. The van der Waals surface area contributed by atoms with E-state index < -0.39 is 11.5 Å². The molecule has 0 aromatic heterocycles. The Morgan fingerprint density at radius 2 is 2.05 bits per heavy atom. The van der Waals surface area contributed by atoms with E-state index in [0.29, 0.717) is 12.2 Å². The molecule has 1 aromatic carbocycles. The van der Waals surface area contributed by atoms with E-state index in [1.54, 1.807) is 7.11 Å². The van der Waals surface area contributed by atoms with Gasteiger partial charge in [-0.2, -0.15) is 0 Å². The quantitative estimate of drug-likeness (QED) is 0.858. The standard InChI is InChI=1S/C16H22O4/c1-10(2)14(15(17)20-4)16(18)8-7-11-5-6-12(19-3)9-13(11)16/h5-6,9-10,14,18H,7-8H2,1-4H3. The van der Waals surface area contributed by atoms with Crippen LogP contribution in [0.5, 0.6) is 5.75 Å². The molecule has 0 radical (unpaired) electrons. The Morgan fingerprint density at radius 1 is 1.35 bits per heavy atom. The molecule has 4 heteroatoms. The molecule has 0 bridgehead atoms. The van der Waals surface area contributed by atoms with Gasteiger partial charge in [0.05, 0.1) is 20.1 Å². The molecule has 0 saturated heterocycles. The van der Waals surface area contributed by atoms with Gasteiger partial charge in [-0.05, 0) is 42.0 Å². The van der Waals surface area contributed by atoms with E-state index in [1.807, 2.05) is 32.0 Å². The first-order chi connectivity index (χ1) is 9.43. The zero-order chi connectivity index (χ0) is 14.9. The predicted octanol–water partition coefficient (Wildman–Crippen LogP) is 2.27. The summed E-state index contributed by atoms with van der Waals surface area (Å²) in [7, 11) is 2.96. The Labute approximate surface area is 119 Å². The highest BCUT2D eigenvalue weighted by atomic mass is 16.5. The molecule has 0 heterocycles. The maximum Gasteiger partial charge on any atom is 0.312 e. The van der Waals surface area contributed by atoms with Crippen molar-refractivity contribution in [2.75, 3.05) is 14.2 Å². The number of aliphatic hydroxyl groups is 1. The Bertz CT molecular complexity index is 509. The molecule has 1 aliphatic rings. The number of carbonyl (C=O) groups excluding carboxylic acids is 1. The lowest BCUT2D eigenvalue weighted by Gasteiger charge is -2.34. The number of esters is 1. The van der Waals surface area contributed by atoms with E-state index >= 15 is 0 Å². The van der Waals surface area contributed by atoms with Crippen LogP contribution in [0.3, 0.4) is 0 Å². The highest BCUT2D eigenvalue weighted by Crippen LogP contribution is 2.46. The summed E-state index contributed by atoms with van der Waals surface area (Å²) in [6.45, 7) is 3.86. The highest BCUT2D eigenvalue weighted by Gasteiger charge is 2.49. The van der Waals surface area contributed by atoms with Gasteiger partial charge in [-0.1, -0.05) is 19.9 Å². The van der Waals surface area contributed by atoms with Crippen LogP contribution in [0.1, 0.15) is 31.4 Å². The number of carbonyl (C=O) groups is 1. The minimum Gasteiger partial charge on any atom is -0.497 e. The van der Waals surface area contributed by atoms with Crippen molar-refractivity contribution in [3.63, 3.8) is 0 Å². The SMILES string of the molecule is COC(=O)C(C(C)C)C1(O)CCc2ccc(OC)cc21. The van der Waals surface area contributed by atoms with Gasteiger partial charge in [0.1, 0.15) is 11.4 Å². The van der Waals surface area contributed by atoms with E-state index in [2.05, 4.69) is 0 Å². The topological polar surface area (TPSA) is 55.8 Å². The molecule has 1 aromatic rings. The van der Waals surface area contributed by atoms with Gasteiger partial charge in [-0.25, -0.2) is 0 Å². The third-order valence-electron chi connectivity index (χ3n) is 4.20. The zero-order valence-corrected chi connectivity index (χ0v) is 12.5. The zero-order valence-electron chi connectivity index (χ0n) is 12.5. The number of hydrogen-bond donors (Lipinski definition) is 1. The van der Waals surface area contributed by atoms with Gasteiger partial charge < -0.3 is 14.6 Å². The van der Waals surface area contributed by atoms with Gasteiger partial charge in [0.2, 0.25) is 0 Å². The largest absolute Gasteiger partial charge is 0.497 e. The van der Waals surface area contributed by atoms with Crippen molar-refractivity contribution in [1.82, 2.24) is 0 Å². The first kappa shape index (κ1) is 14.9. The lowest BCUT2D eigenvalue weighted by molar-refractivity contribution is -0.160. The summed E-state index contributed by atoms with van der Waals surface area (Å²) in [6, 6.07) is 5.68. The molecule has 2 rings (SSSR count). The molecule has 2 atom stereocenters. The molecule has 1 N–H and O–H groups in total. The summed E-state index contributed by atoms with van der Waals surface area (Å²) in [5, 5.41) is 11.1. The number of aryl methyl sites for hydroxylation is 1. The molecule has 4 nitrogen and oxygen atoms in total. The first-order valence-corrected chi connectivity index (χ1v) is 6.91. The normalized spacial score (nSPS) is 22.5. The van der Waals surface area contributed by atoms with Gasteiger partial charge in [0.25, 0.3) is 0 Å². The Kier molecular flexibility index (Phi) is 4.04. The Balaban J connectivity index is 2.49. The third kappa shape index (κ3) is 2.29. The van der Waals surface area contributed by atoms with E-state index in [0.717, 1.165) is 17.5 Å². The minimum absolute atomic E-state index is 0.00963. The maximum absolute atomic E-state index is 12.1. The van der Waals surface area contributed by atoms with Crippen molar-refractivity contribution < 1.29 is 19.4 Å². The maximum atomic E-state index is 12.1. The van der Waals surface area contributed by atoms with Gasteiger partial charge in [0.15, 0.2) is 0 Å². The molecule has 0 spiro atoms. The van der Waals surface area contributed by atoms with Crippen LogP contribution in [0.15, 0.2) is 18.2 Å². The average Bonchev–Trinajstić information content (AvgIpc) is 2.76. The lowest BCUT2D eigenvalue weighted by atomic mass is 9.76. The average molecular weight is 278 g/mol. The summed E-state index contributed by atoms with van der Waals surface area (Å²) in [4.78, 5) is 12.1. The van der Waals surface area contributed by atoms with E-state index in [-0.39, 0.29) is 11.9 Å². The van der Waals surface area contributed by atoms with E-state index in [4.69, 9.17) is 9.47 Å². The van der Waals surface area contributed by atoms with Crippen LogP contribution in [0.2, 0.25) is 0 Å². The van der Waals surface area contributed by atoms with Crippen molar-refractivity contribution >= 4 is 5.97 Å². The Hall–Kier alpha value is -1.55. The van der Waals surface area contributed by atoms with Crippen molar-refractivity contribution in [3.05, 3.63) is 29.3 Å². The van der Waals surface area contributed by atoms with Crippen LogP contribution in [-0.2, 0) is 21.6 Å². The monoisotopic (exact) mass is 278 g/mol. The number of methoxy groups -OCH3 is 2. The predicted molar refractivity (Wildman–Crippen MR) is 75.6 cm³/mol. The minimum atomic E-state index is -1.18. The molecule has 0 fully saturated rings. The van der Waals surface area contributed by atoms with E-state index in [9.17, 15) is 9.90 Å². The molecule has 2 unspecified atom stereocenters. The third-order valence-corrected chi connectivity index (χ3v) is 4.20. The fourth-order valence-corrected chi connectivity index (χ4v) is 3.23. The van der Waals surface area contributed by atoms with Crippen LogP contribution in [0, 0.1) is 11.8 Å². The van der Waals surface area contributed by atoms with Crippen LogP contribution >= 0.6 is 0 Å². The van der Waals surface area contributed by atoms with E-state index in [1.165, 1.54) is 7.11 Å². The van der Waals surface area contributed by atoms with Crippen LogP contribution in [0.25, 0.3) is 0 Å². The lowest BCUT2D eigenvalue weighted by Crippen LogP contribution is -2.42. The number of benzene rings is 1. The number of ether oxygens (including phenoxy) is 2. The molecule has 0 saturated carbocycles. The van der Waals surface area contributed by atoms with Gasteiger partial charge in [0, 0.05) is 0 Å². The van der Waals surface area contributed by atoms with Gasteiger partial charge in [-0.3, -0.25) is 4.79 Å². The number of rotatable bonds is 4. The molecular weight excluding hydrogens is 256 g/mol. The highest BCUT2D eigenvalue weighted by molar-refractivity contribution is 5.75. The fraction of sp³-hybridized carbons (Fsp3) is 0.562. The fourth-order valence-electron chi connectivity index (χ4n) is 3.23. The smallest absolute Gasteiger partial charge is 0.312 e. The van der Waals surface area contributed by atoms with Crippen molar-refractivity contribution in [2.45, 2.75) is 32.3 Å². The summed E-state index contributed by atoms with van der Waals surface area (Å²) in [5.74, 6) is -0.250. The first-order valence-electron chi connectivity index (χ1n) is 6.91. The van der Waals surface area contributed by atoms with Crippen molar-refractivity contribution in [2.24, 2.45) is 11.8 Å². The number of hydrogen-bond acceptors (Lipinski definition) is 4. The summed E-state index contributed by atoms with van der Waals surface area (Å²) >= 11 is 0. The summed E-state index contributed by atoms with van der Waals surface area (Å²) < 4.78 is 10.1. The second kappa shape index (κ2) is 5.44. The molecular formula is C16H22O4. The van der Waals surface area contributed by atoms with Gasteiger partial charge in [-0.15, -0.1) is 0 Å². The van der Waals surface area contributed by atoms with Crippen LogP contribution in [0.4, 0.5) is 0 Å². The molecule has 0 aliphatic heterocycles. The molecule has 20 heavy (non-hydrogen) atoms. The van der Waals surface area contributed by atoms with Crippen LogP contribution < -0.4 is 4.74 Å².